The van der Waals surface area contributed by atoms with Crippen LogP contribution in [0.1, 0.15) is 19.3 Å². The fourth-order valence-corrected chi connectivity index (χ4v) is 2.86. The van der Waals surface area contributed by atoms with Gasteiger partial charge in [0.05, 0.1) is 10.9 Å². The van der Waals surface area contributed by atoms with Gasteiger partial charge in [0, 0.05) is 12.6 Å². The first kappa shape index (κ1) is 15.8. The standard InChI is InChI=1S/C14H15BrFNO4/c15-11-6-9(16)3-4-12(11)21-8-13(18)17-5-1-2-10(17)7-14(19)20/h3-4,6,10H,1-2,5,7-8H2,(H,19,20). The summed E-state index contributed by atoms with van der Waals surface area (Å²) in [5.41, 5.74) is 0. The van der Waals surface area contributed by atoms with Gasteiger partial charge >= 0.3 is 5.97 Å². The molecule has 0 aliphatic carbocycles. The number of benzene rings is 1. The zero-order chi connectivity index (χ0) is 15.4. The Bertz CT molecular complexity index is 552. The molecular formula is C14H15BrFNO4. The molecule has 2 rings (SSSR count). The molecule has 1 heterocycles. The van der Waals surface area contributed by atoms with Gasteiger partial charge in [0.1, 0.15) is 11.6 Å². The van der Waals surface area contributed by atoms with E-state index in [1.54, 1.807) is 4.90 Å². The molecule has 1 unspecified atom stereocenters. The maximum atomic E-state index is 12.9. The van der Waals surface area contributed by atoms with E-state index in [1.807, 2.05) is 0 Å². The Labute approximate surface area is 129 Å². The topological polar surface area (TPSA) is 66.8 Å². The van der Waals surface area contributed by atoms with E-state index in [0.717, 1.165) is 6.42 Å². The first-order chi connectivity index (χ1) is 9.97. The minimum Gasteiger partial charge on any atom is -0.483 e. The molecule has 1 aliphatic rings. The SMILES string of the molecule is O=C(O)CC1CCCN1C(=O)COc1ccc(F)cc1Br. The second-order valence-corrected chi connectivity index (χ2v) is 5.70. The number of carbonyl (C=O) groups excluding carboxylic acids is 1. The summed E-state index contributed by atoms with van der Waals surface area (Å²) in [4.78, 5) is 24.4. The minimum atomic E-state index is -0.915. The number of hydrogen-bond acceptors (Lipinski definition) is 3. The molecular weight excluding hydrogens is 345 g/mol. The van der Waals surface area contributed by atoms with Gasteiger partial charge in [-0.25, -0.2) is 4.39 Å². The van der Waals surface area contributed by atoms with Crippen LogP contribution < -0.4 is 4.74 Å². The highest BCUT2D eigenvalue weighted by atomic mass is 79.9. The number of rotatable bonds is 5. The van der Waals surface area contributed by atoms with Crippen LogP contribution >= 0.6 is 15.9 Å². The Morgan fingerprint density at radius 2 is 2.24 bits per heavy atom. The molecule has 21 heavy (non-hydrogen) atoms. The van der Waals surface area contributed by atoms with Crippen molar-refractivity contribution in [3.8, 4) is 5.75 Å². The van der Waals surface area contributed by atoms with Crippen LogP contribution in [0.4, 0.5) is 4.39 Å². The first-order valence-corrected chi connectivity index (χ1v) is 7.36. The van der Waals surface area contributed by atoms with Crippen LogP contribution in [0.25, 0.3) is 0 Å². The van der Waals surface area contributed by atoms with Crippen molar-refractivity contribution in [2.24, 2.45) is 0 Å². The predicted octanol–water partition coefficient (Wildman–Crippen LogP) is 2.43. The van der Waals surface area contributed by atoms with E-state index < -0.39 is 11.8 Å². The summed E-state index contributed by atoms with van der Waals surface area (Å²) in [6.07, 6.45) is 1.44. The maximum absolute atomic E-state index is 12.9. The lowest BCUT2D eigenvalue weighted by Gasteiger charge is -2.23. The number of carboxylic acid groups (broad SMARTS) is 1. The Kier molecular flexibility index (Phi) is 5.17. The summed E-state index contributed by atoms with van der Waals surface area (Å²) in [5.74, 6) is -1.20. The number of hydrogen-bond donors (Lipinski definition) is 1. The van der Waals surface area contributed by atoms with Gasteiger partial charge in [0.2, 0.25) is 0 Å². The quantitative estimate of drug-likeness (QED) is 0.876. The molecule has 1 aliphatic heterocycles. The van der Waals surface area contributed by atoms with Gasteiger partial charge in [-0.05, 0) is 47.0 Å². The third kappa shape index (κ3) is 4.17. The largest absolute Gasteiger partial charge is 0.483 e. The Morgan fingerprint density at radius 1 is 1.48 bits per heavy atom. The van der Waals surface area contributed by atoms with Crippen molar-refractivity contribution in [1.82, 2.24) is 4.90 Å². The van der Waals surface area contributed by atoms with Crippen molar-refractivity contribution < 1.29 is 23.8 Å². The van der Waals surface area contributed by atoms with Crippen molar-refractivity contribution in [3.63, 3.8) is 0 Å². The average Bonchev–Trinajstić information content (AvgIpc) is 2.84. The monoisotopic (exact) mass is 359 g/mol. The molecule has 0 saturated carbocycles. The molecule has 1 saturated heterocycles. The Hall–Kier alpha value is -1.63. The normalized spacial score (nSPS) is 17.8. The van der Waals surface area contributed by atoms with Gasteiger partial charge in [0.25, 0.3) is 5.91 Å². The van der Waals surface area contributed by atoms with Crippen molar-refractivity contribution >= 4 is 27.8 Å². The molecule has 0 bridgehead atoms. The summed E-state index contributed by atoms with van der Waals surface area (Å²) >= 11 is 3.16. The van der Waals surface area contributed by atoms with Gasteiger partial charge in [-0.15, -0.1) is 0 Å². The lowest BCUT2D eigenvalue weighted by atomic mass is 10.1. The fraction of sp³-hybridized carbons (Fsp3) is 0.429. The number of ether oxygens (including phenoxy) is 1. The van der Waals surface area contributed by atoms with Crippen LogP contribution in [-0.2, 0) is 9.59 Å². The summed E-state index contributed by atoms with van der Waals surface area (Å²) in [6, 6.07) is 3.66. The number of nitrogens with zero attached hydrogens (tertiary/aromatic N) is 1. The van der Waals surface area contributed by atoms with Gasteiger partial charge in [0.15, 0.2) is 6.61 Å². The Morgan fingerprint density at radius 3 is 2.90 bits per heavy atom. The van der Waals surface area contributed by atoms with Gasteiger partial charge < -0.3 is 14.7 Å². The molecule has 1 amide bonds. The molecule has 1 N–H and O–H groups in total. The summed E-state index contributed by atoms with van der Waals surface area (Å²) < 4.78 is 18.7. The summed E-state index contributed by atoms with van der Waals surface area (Å²) in [6.45, 7) is 0.352. The van der Waals surface area contributed by atoms with E-state index in [0.29, 0.717) is 23.2 Å². The highest BCUT2D eigenvalue weighted by Gasteiger charge is 2.30. The second kappa shape index (κ2) is 6.89. The van der Waals surface area contributed by atoms with Crippen LogP contribution in [0.15, 0.2) is 22.7 Å². The fourth-order valence-electron chi connectivity index (χ4n) is 2.39. The van der Waals surface area contributed by atoms with E-state index in [1.165, 1.54) is 18.2 Å². The average molecular weight is 360 g/mol. The van der Waals surface area contributed by atoms with Gasteiger partial charge in [-0.3, -0.25) is 9.59 Å². The van der Waals surface area contributed by atoms with E-state index in [4.69, 9.17) is 9.84 Å². The molecule has 114 valence electrons. The smallest absolute Gasteiger partial charge is 0.305 e. The molecule has 1 aromatic rings. The van der Waals surface area contributed by atoms with Crippen LogP contribution in [0.5, 0.6) is 5.75 Å². The van der Waals surface area contributed by atoms with E-state index >= 15 is 0 Å². The number of likely N-dealkylation sites (tertiary alicyclic amines) is 1. The minimum absolute atomic E-state index is 0.0496. The van der Waals surface area contributed by atoms with Crippen LogP contribution in [-0.4, -0.2) is 41.1 Å². The van der Waals surface area contributed by atoms with E-state index in [-0.39, 0.29) is 25.0 Å². The van der Waals surface area contributed by atoms with Gasteiger partial charge in [-0.1, -0.05) is 0 Å². The number of amides is 1. The molecule has 0 spiro atoms. The molecule has 0 radical (unpaired) electrons. The van der Waals surface area contributed by atoms with Crippen LogP contribution in [0.2, 0.25) is 0 Å². The molecule has 5 nitrogen and oxygen atoms in total. The molecule has 7 heteroatoms. The maximum Gasteiger partial charge on any atom is 0.305 e. The molecule has 1 atom stereocenters. The molecule has 1 aromatic carbocycles. The predicted molar refractivity (Wildman–Crippen MR) is 76.6 cm³/mol. The zero-order valence-electron chi connectivity index (χ0n) is 11.2. The van der Waals surface area contributed by atoms with Crippen LogP contribution in [0.3, 0.4) is 0 Å². The van der Waals surface area contributed by atoms with Crippen molar-refractivity contribution in [2.75, 3.05) is 13.2 Å². The highest BCUT2D eigenvalue weighted by Crippen LogP contribution is 2.26. The summed E-state index contributed by atoms with van der Waals surface area (Å²) in [5, 5.41) is 8.83. The number of carbonyl (C=O) groups is 2. The Balaban J connectivity index is 1.93. The van der Waals surface area contributed by atoms with E-state index in [9.17, 15) is 14.0 Å². The van der Waals surface area contributed by atoms with Crippen molar-refractivity contribution in [2.45, 2.75) is 25.3 Å². The lowest BCUT2D eigenvalue weighted by Crippen LogP contribution is -2.39. The second-order valence-electron chi connectivity index (χ2n) is 4.84. The third-order valence-corrected chi connectivity index (χ3v) is 3.97. The van der Waals surface area contributed by atoms with Crippen molar-refractivity contribution in [1.29, 1.82) is 0 Å². The number of halogens is 2. The zero-order valence-corrected chi connectivity index (χ0v) is 12.8. The third-order valence-electron chi connectivity index (χ3n) is 3.35. The van der Waals surface area contributed by atoms with Crippen molar-refractivity contribution in [3.05, 3.63) is 28.5 Å². The number of carboxylic acids is 1. The molecule has 0 aromatic heterocycles. The summed E-state index contributed by atoms with van der Waals surface area (Å²) in [7, 11) is 0. The number of aliphatic carboxylic acids is 1. The first-order valence-electron chi connectivity index (χ1n) is 6.56. The van der Waals surface area contributed by atoms with E-state index in [2.05, 4.69) is 15.9 Å². The van der Waals surface area contributed by atoms with Crippen LogP contribution in [0, 0.1) is 5.82 Å². The molecule has 1 fully saturated rings. The van der Waals surface area contributed by atoms with Gasteiger partial charge in [-0.2, -0.15) is 0 Å². The lowest BCUT2D eigenvalue weighted by molar-refractivity contribution is -0.140. The highest BCUT2D eigenvalue weighted by molar-refractivity contribution is 9.10.